The van der Waals surface area contributed by atoms with Crippen molar-refractivity contribution in [3.05, 3.63) is 64.9 Å². The van der Waals surface area contributed by atoms with Crippen molar-refractivity contribution in [3.8, 4) is 34.0 Å². The highest BCUT2D eigenvalue weighted by molar-refractivity contribution is 9.10. The van der Waals surface area contributed by atoms with Crippen LogP contribution in [0.15, 0.2) is 59.2 Å². The molecule has 4 aromatic rings. The number of nitrogens with zero attached hydrogens (tertiary/aromatic N) is 5. The van der Waals surface area contributed by atoms with Crippen LogP contribution in [-0.4, -0.2) is 44.2 Å². The molecule has 0 amide bonds. The zero-order chi connectivity index (χ0) is 23.8. The number of rotatable bonds is 5. The molecule has 0 spiro atoms. The molecule has 12 heteroatoms. The van der Waals surface area contributed by atoms with Crippen LogP contribution in [0.2, 0.25) is 0 Å². The molecule has 33 heavy (non-hydrogen) atoms. The summed E-state index contributed by atoms with van der Waals surface area (Å²) in [5.74, 6) is -0.906. The van der Waals surface area contributed by atoms with Gasteiger partial charge in [0.2, 0.25) is 0 Å². The van der Waals surface area contributed by atoms with Crippen molar-refractivity contribution < 1.29 is 27.4 Å². The molecule has 170 valence electrons. The number of esters is 1. The molecule has 0 saturated heterocycles. The maximum absolute atomic E-state index is 12.5. The third kappa shape index (κ3) is 4.75. The fourth-order valence-electron chi connectivity index (χ4n) is 3.26. The predicted octanol–water partition coefficient (Wildman–Crippen LogP) is 4.78. The van der Waals surface area contributed by atoms with Gasteiger partial charge in [0.1, 0.15) is 5.75 Å². The molecule has 0 bridgehead atoms. The molecule has 0 aliphatic rings. The van der Waals surface area contributed by atoms with Crippen LogP contribution in [0.3, 0.4) is 0 Å². The summed E-state index contributed by atoms with van der Waals surface area (Å²) in [6.45, 7) is 0. The number of aryl methyl sites for hydroxylation is 1. The van der Waals surface area contributed by atoms with Crippen LogP contribution in [0.5, 0.6) is 5.75 Å². The van der Waals surface area contributed by atoms with Crippen LogP contribution < -0.4 is 4.74 Å². The normalized spacial score (nSPS) is 11.5. The van der Waals surface area contributed by atoms with Gasteiger partial charge >= 0.3 is 12.3 Å². The first-order valence-electron chi connectivity index (χ1n) is 9.36. The maximum atomic E-state index is 12.5. The zero-order valence-electron chi connectivity index (χ0n) is 17.2. The zero-order valence-corrected chi connectivity index (χ0v) is 18.8. The smallest absolute Gasteiger partial charge is 0.464 e. The van der Waals surface area contributed by atoms with E-state index in [4.69, 9.17) is 4.74 Å². The minimum Gasteiger partial charge on any atom is -0.464 e. The minimum atomic E-state index is -4.78. The Morgan fingerprint density at radius 3 is 2.45 bits per heavy atom. The minimum absolute atomic E-state index is 0.142. The number of halogens is 4. The number of carbonyl (C=O) groups is 1. The van der Waals surface area contributed by atoms with Crippen LogP contribution >= 0.6 is 15.9 Å². The van der Waals surface area contributed by atoms with E-state index in [0.717, 1.165) is 4.47 Å². The summed E-state index contributed by atoms with van der Waals surface area (Å²) in [6.07, 6.45) is -3.28. The Hall–Kier alpha value is -3.67. The number of benzene rings is 2. The highest BCUT2D eigenvalue weighted by Gasteiger charge is 2.31. The van der Waals surface area contributed by atoms with Gasteiger partial charge in [0, 0.05) is 22.6 Å². The average Bonchev–Trinajstić information content (AvgIpc) is 3.39. The Kier molecular flexibility index (Phi) is 5.93. The lowest BCUT2D eigenvalue weighted by Gasteiger charge is -2.13. The van der Waals surface area contributed by atoms with Gasteiger partial charge in [-0.2, -0.15) is 5.10 Å². The van der Waals surface area contributed by atoms with Crippen LogP contribution in [0.4, 0.5) is 13.2 Å². The fourth-order valence-corrected chi connectivity index (χ4v) is 3.61. The van der Waals surface area contributed by atoms with Crippen molar-refractivity contribution in [3.63, 3.8) is 0 Å². The quantitative estimate of drug-likeness (QED) is 0.351. The Balaban J connectivity index is 1.79. The summed E-state index contributed by atoms with van der Waals surface area (Å²) in [5.41, 5.74) is 3.15. The van der Waals surface area contributed by atoms with Gasteiger partial charge in [-0.15, -0.1) is 18.3 Å². The summed E-state index contributed by atoms with van der Waals surface area (Å²) in [4.78, 5) is 11.9. The number of methoxy groups -OCH3 is 1. The summed E-state index contributed by atoms with van der Waals surface area (Å²) >= 11 is 3.45. The average molecular weight is 522 g/mol. The summed E-state index contributed by atoms with van der Waals surface area (Å²) in [7, 11) is 2.96. The number of aromatic nitrogens is 5. The third-order valence-electron chi connectivity index (χ3n) is 4.67. The van der Waals surface area contributed by atoms with E-state index in [-0.39, 0.29) is 11.4 Å². The molecule has 0 unspecified atom stereocenters. The number of alkyl halides is 3. The maximum Gasteiger partial charge on any atom is 0.573 e. The Bertz CT molecular complexity index is 1320. The lowest BCUT2D eigenvalue weighted by atomic mass is 10.1. The summed E-state index contributed by atoms with van der Waals surface area (Å²) < 4.78 is 49.9. The lowest BCUT2D eigenvalue weighted by molar-refractivity contribution is -0.274. The van der Waals surface area contributed by atoms with E-state index in [0.29, 0.717) is 28.2 Å². The van der Waals surface area contributed by atoms with Gasteiger partial charge in [0.25, 0.3) is 0 Å². The van der Waals surface area contributed by atoms with Gasteiger partial charge in [-0.3, -0.25) is 4.68 Å². The first-order chi connectivity index (χ1) is 15.7. The monoisotopic (exact) mass is 521 g/mol. The van der Waals surface area contributed by atoms with E-state index < -0.39 is 12.3 Å². The number of hydrogen-bond donors (Lipinski definition) is 0. The van der Waals surface area contributed by atoms with Crippen molar-refractivity contribution >= 4 is 21.9 Å². The second kappa shape index (κ2) is 8.70. The summed E-state index contributed by atoms with van der Waals surface area (Å²) in [6, 6.07) is 12.4. The van der Waals surface area contributed by atoms with Crippen molar-refractivity contribution in [2.75, 3.05) is 7.11 Å². The van der Waals surface area contributed by atoms with E-state index in [1.54, 1.807) is 28.5 Å². The highest BCUT2D eigenvalue weighted by Crippen LogP contribution is 2.33. The molecule has 2 heterocycles. The second-order valence-electron chi connectivity index (χ2n) is 6.79. The Morgan fingerprint density at radius 2 is 1.79 bits per heavy atom. The molecule has 0 N–H and O–H groups in total. The van der Waals surface area contributed by atoms with Crippen LogP contribution in [0.25, 0.3) is 28.2 Å². The van der Waals surface area contributed by atoms with Gasteiger partial charge in [0.15, 0.2) is 5.69 Å². The SMILES string of the molecule is COC(=O)c1cc(-c2ccc(Br)cc2-n2nncc2-c2ccc(OC(F)(F)F)cc2)n(C)n1. The molecule has 0 aliphatic heterocycles. The molecule has 0 fully saturated rings. The largest absolute Gasteiger partial charge is 0.573 e. The lowest BCUT2D eigenvalue weighted by Crippen LogP contribution is -2.16. The van der Waals surface area contributed by atoms with Crippen LogP contribution in [0, 0.1) is 0 Å². The molecular weight excluding hydrogens is 507 g/mol. The van der Waals surface area contributed by atoms with Crippen molar-refractivity contribution in [2.45, 2.75) is 6.36 Å². The molecular formula is C21H15BrF3N5O3. The molecule has 0 radical (unpaired) electrons. The van der Waals surface area contributed by atoms with E-state index in [1.807, 2.05) is 12.1 Å². The molecule has 0 aliphatic carbocycles. The number of carbonyl (C=O) groups excluding carboxylic acids is 1. The molecule has 8 nitrogen and oxygen atoms in total. The number of ether oxygens (including phenoxy) is 2. The van der Waals surface area contributed by atoms with Gasteiger partial charge in [-0.05, 0) is 48.5 Å². The second-order valence-corrected chi connectivity index (χ2v) is 7.71. The third-order valence-corrected chi connectivity index (χ3v) is 5.16. The van der Waals surface area contributed by atoms with Crippen molar-refractivity contribution in [1.82, 2.24) is 24.8 Å². The Labute approximate surface area is 193 Å². The number of hydrogen-bond acceptors (Lipinski definition) is 6. The van der Waals surface area contributed by atoms with Gasteiger partial charge < -0.3 is 9.47 Å². The molecule has 4 rings (SSSR count). The summed E-state index contributed by atoms with van der Waals surface area (Å²) in [5, 5.41) is 12.4. The standard InChI is InChI=1S/C21H15BrF3N5O3/c1-29-17(10-16(27-29)20(31)32-2)15-8-5-13(22)9-18(15)30-19(11-26-28-30)12-3-6-14(7-4-12)33-21(23,24)25/h3-11H,1-2H3. The first kappa shape index (κ1) is 22.5. The van der Waals surface area contributed by atoms with Crippen molar-refractivity contribution in [1.29, 1.82) is 0 Å². The van der Waals surface area contributed by atoms with Gasteiger partial charge in [-0.25, -0.2) is 9.48 Å². The molecule has 2 aromatic heterocycles. The van der Waals surface area contributed by atoms with Crippen LogP contribution in [0.1, 0.15) is 10.5 Å². The topological polar surface area (TPSA) is 84.1 Å². The van der Waals surface area contributed by atoms with E-state index >= 15 is 0 Å². The van der Waals surface area contributed by atoms with Gasteiger partial charge in [-0.1, -0.05) is 21.1 Å². The van der Waals surface area contributed by atoms with E-state index in [2.05, 4.69) is 36.1 Å². The fraction of sp³-hybridized carbons (Fsp3) is 0.143. The highest BCUT2D eigenvalue weighted by atomic mass is 79.9. The molecule has 0 saturated carbocycles. The van der Waals surface area contributed by atoms with E-state index in [1.165, 1.54) is 37.6 Å². The van der Waals surface area contributed by atoms with E-state index in [9.17, 15) is 18.0 Å². The van der Waals surface area contributed by atoms with Crippen molar-refractivity contribution in [2.24, 2.45) is 7.05 Å². The predicted molar refractivity (Wildman–Crippen MR) is 115 cm³/mol. The molecule has 0 atom stereocenters. The Morgan fingerprint density at radius 1 is 1.06 bits per heavy atom. The van der Waals surface area contributed by atoms with Gasteiger partial charge in [0.05, 0.1) is 30.4 Å². The first-order valence-corrected chi connectivity index (χ1v) is 10.1. The van der Waals surface area contributed by atoms with Crippen LogP contribution in [-0.2, 0) is 11.8 Å². The molecule has 2 aromatic carbocycles.